The number of piperazine rings is 1. The van der Waals surface area contributed by atoms with E-state index in [4.69, 9.17) is 11.6 Å². The Kier molecular flexibility index (Phi) is 7.40. The number of amides is 1. The zero-order valence-corrected chi connectivity index (χ0v) is 23.3. The fourth-order valence-corrected chi connectivity index (χ4v) is 7.02. The van der Waals surface area contributed by atoms with Crippen LogP contribution < -0.4 is 10.6 Å². The van der Waals surface area contributed by atoms with Gasteiger partial charge in [-0.15, -0.1) is 11.8 Å². The van der Waals surface area contributed by atoms with Crippen LogP contribution in [0.5, 0.6) is 0 Å². The number of hydrogen-bond acceptors (Lipinski definition) is 7. The summed E-state index contributed by atoms with van der Waals surface area (Å²) in [6, 6.07) is 4.35. The average molecular weight is 592 g/mol. The molecule has 2 aliphatic heterocycles. The lowest BCUT2D eigenvalue weighted by atomic mass is 10.0. The number of thioether (sulfide) groups is 1. The van der Waals surface area contributed by atoms with Crippen molar-refractivity contribution in [3.8, 4) is 11.1 Å². The minimum Gasteiger partial charge on any atom is -0.769 e. The van der Waals surface area contributed by atoms with E-state index in [0.29, 0.717) is 33.7 Å². The number of nitrogens with zero attached hydrogens (tertiary/aromatic N) is 4. The van der Waals surface area contributed by atoms with Gasteiger partial charge in [0.05, 0.1) is 28.8 Å². The molecule has 1 saturated heterocycles. The second-order valence-electron chi connectivity index (χ2n) is 9.18. The van der Waals surface area contributed by atoms with Gasteiger partial charge in [0.2, 0.25) is 0 Å². The standard InChI is InChI=1S/C26H23ClF2N4O4S2/c1-4-21(34)33-13(2)11-31(12-20(33)14(3)39(36)37)25-17-10-18(27)22(16-6-5-15(28)9-19(16)29)24-23(17)32(7-8-38-24)26(35)30-25/h4-6,9-10,13H,1,7-8,11-12H2,2-3H3,(H,36,37)/p-1/b20-14-. The summed E-state index contributed by atoms with van der Waals surface area (Å²) in [7, 11) is 0. The summed E-state index contributed by atoms with van der Waals surface area (Å²) in [5.41, 5.74) is 0.678. The number of carbonyl (C=O) groups is 1. The van der Waals surface area contributed by atoms with Crippen LogP contribution in [0.25, 0.3) is 22.0 Å². The maximum absolute atomic E-state index is 14.9. The van der Waals surface area contributed by atoms with E-state index in [1.807, 2.05) is 0 Å². The van der Waals surface area contributed by atoms with Gasteiger partial charge in [0.25, 0.3) is 5.91 Å². The number of benzene rings is 2. The average Bonchev–Trinajstić information content (AvgIpc) is 2.89. The van der Waals surface area contributed by atoms with Gasteiger partial charge < -0.3 is 14.4 Å². The SMILES string of the molecule is C=CC(=O)N1/C(=C(/C)S(=O)[O-])CN(c2nc(=O)n3c4c(c(-c5ccc(F)cc5F)c(Cl)cc24)SCC3)CC1C. The third-order valence-corrected chi connectivity index (χ3v) is 8.94. The number of anilines is 1. The highest BCUT2D eigenvalue weighted by Gasteiger charge is 2.35. The summed E-state index contributed by atoms with van der Waals surface area (Å²) in [6.45, 7) is 7.26. The third kappa shape index (κ3) is 4.69. The Morgan fingerprint density at radius 1 is 1.33 bits per heavy atom. The molecule has 1 fully saturated rings. The van der Waals surface area contributed by atoms with Crippen LogP contribution in [0, 0.1) is 11.6 Å². The predicted octanol–water partition coefficient (Wildman–Crippen LogP) is 4.43. The lowest BCUT2D eigenvalue weighted by Gasteiger charge is -2.43. The van der Waals surface area contributed by atoms with Crippen LogP contribution in [0.4, 0.5) is 14.6 Å². The minimum atomic E-state index is -2.59. The van der Waals surface area contributed by atoms with Gasteiger partial charge in [-0.3, -0.25) is 13.6 Å². The molecule has 0 N–H and O–H groups in total. The molecule has 0 saturated carbocycles. The van der Waals surface area contributed by atoms with E-state index in [1.165, 1.54) is 34.2 Å². The molecule has 2 atom stereocenters. The monoisotopic (exact) mass is 591 g/mol. The molecule has 3 aromatic rings. The van der Waals surface area contributed by atoms with Gasteiger partial charge in [0, 0.05) is 51.2 Å². The Bertz CT molecular complexity index is 1680. The summed E-state index contributed by atoms with van der Waals surface area (Å²) in [5.74, 6) is -1.17. The van der Waals surface area contributed by atoms with E-state index in [9.17, 15) is 27.1 Å². The van der Waals surface area contributed by atoms with Crippen molar-refractivity contribution in [2.75, 3.05) is 23.7 Å². The number of aromatic nitrogens is 2. The number of carbonyl (C=O) groups excluding carboxylic acids is 1. The molecule has 0 bridgehead atoms. The van der Waals surface area contributed by atoms with Crippen LogP contribution in [0.2, 0.25) is 5.02 Å². The topological polar surface area (TPSA) is 98.6 Å². The van der Waals surface area contributed by atoms with Crippen molar-refractivity contribution < 1.29 is 22.3 Å². The highest BCUT2D eigenvalue weighted by molar-refractivity contribution is 7.99. The van der Waals surface area contributed by atoms with Gasteiger partial charge in [-0.1, -0.05) is 18.2 Å². The van der Waals surface area contributed by atoms with Gasteiger partial charge in [-0.05, 0) is 49.2 Å². The highest BCUT2D eigenvalue weighted by atomic mass is 35.5. The van der Waals surface area contributed by atoms with Gasteiger partial charge in [0.15, 0.2) is 0 Å². The summed E-state index contributed by atoms with van der Waals surface area (Å²) >= 11 is 5.54. The Morgan fingerprint density at radius 2 is 2.08 bits per heavy atom. The van der Waals surface area contributed by atoms with Crippen LogP contribution in [-0.2, 0) is 22.4 Å². The lowest BCUT2D eigenvalue weighted by Crippen LogP contribution is -2.53. The maximum Gasteiger partial charge on any atom is 0.350 e. The third-order valence-electron chi connectivity index (χ3n) is 6.84. The van der Waals surface area contributed by atoms with Gasteiger partial charge in [-0.2, -0.15) is 4.98 Å². The summed E-state index contributed by atoms with van der Waals surface area (Å²) in [6.07, 6.45) is 1.12. The normalized spacial score (nSPS) is 19.3. The second-order valence-corrected chi connectivity index (χ2v) is 11.8. The van der Waals surface area contributed by atoms with Crippen molar-refractivity contribution in [2.24, 2.45) is 0 Å². The van der Waals surface area contributed by atoms with Crippen molar-refractivity contribution in [3.63, 3.8) is 0 Å². The zero-order chi connectivity index (χ0) is 28.2. The van der Waals surface area contributed by atoms with Crippen molar-refractivity contribution in [2.45, 2.75) is 31.3 Å². The van der Waals surface area contributed by atoms with E-state index < -0.39 is 40.4 Å². The number of rotatable bonds is 4. The van der Waals surface area contributed by atoms with Crippen molar-refractivity contribution >= 4 is 57.1 Å². The molecule has 13 heteroatoms. The zero-order valence-electron chi connectivity index (χ0n) is 20.9. The Hall–Kier alpha value is -3.06. The quantitative estimate of drug-likeness (QED) is 0.327. The molecular formula is C26H22ClF2N4O4S2-. The summed E-state index contributed by atoms with van der Waals surface area (Å²) in [4.78, 5) is 33.9. The summed E-state index contributed by atoms with van der Waals surface area (Å²) < 4.78 is 53.8. The Balaban J connectivity index is 1.75. The summed E-state index contributed by atoms with van der Waals surface area (Å²) in [5, 5.41) is 0.704. The van der Waals surface area contributed by atoms with E-state index in [1.54, 1.807) is 17.9 Å². The molecule has 1 aromatic heterocycles. The molecule has 3 heterocycles. The molecule has 2 aliphatic rings. The largest absolute Gasteiger partial charge is 0.769 e. The van der Waals surface area contributed by atoms with Crippen molar-refractivity contribution in [1.29, 1.82) is 0 Å². The predicted molar refractivity (Wildman–Crippen MR) is 147 cm³/mol. The van der Waals surface area contributed by atoms with Crippen molar-refractivity contribution in [1.82, 2.24) is 14.5 Å². The van der Waals surface area contributed by atoms with Crippen LogP contribution >= 0.6 is 23.4 Å². The molecular weight excluding hydrogens is 570 g/mol. The van der Waals surface area contributed by atoms with Gasteiger partial charge in [0.1, 0.15) is 17.5 Å². The minimum absolute atomic E-state index is 0.0241. The van der Waals surface area contributed by atoms with Crippen LogP contribution in [0.3, 0.4) is 0 Å². The highest BCUT2D eigenvalue weighted by Crippen LogP contribution is 2.46. The number of allylic oxidation sites excluding steroid dienone is 1. The fraction of sp³-hybridized carbons (Fsp3) is 0.269. The molecule has 0 aliphatic carbocycles. The number of hydrogen-bond donors (Lipinski definition) is 0. The van der Waals surface area contributed by atoms with Crippen LogP contribution in [-0.4, -0.2) is 54.0 Å². The molecule has 0 spiro atoms. The van der Waals surface area contributed by atoms with E-state index in [0.717, 1.165) is 18.2 Å². The maximum atomic E-state index is 14.9. The van der Waals surface area contributed by atoms with E-state index >= 15 is 0 Å². The molecule has 5 rings (SSSR count). The van der Waals surface area contributed by atoms with Crippen LogP contribution in [0.15, 0.2) is 57.2 Å². The van der Waals surface area contributed by atoms with E-state index in [-0.39, 0.29) is 40.1 Å². The van der Waals surface area contributed by atoms with Gasteiger partial charge >= 0.3 is 5.69 Å². The van der Waals surface area contributed by atoms with Crippen molar-refractivity contribution in [3.05, 3.63) is 74.7 Å². The van der Waals surface area contributed by atoms with Crippen LogP contribution in [0.1, 0.15) is 13.8 Å². The molecule has 8 nitrogen and oxygen atoms in total. The molecule has 1 amide bonds. The van der Waals surface area contributed by atoms with Gasteiger partial charge in [-0.25, -0.2) is 13.6 Å². The first-order chi connectivity index (χ1) is 18.5. The molecule has 2 aromatic carbocycles. The van der Waals surface area contributed by atoms with E-state index in [2.05, 4.69) is 11.6 Å². The lowest BCUT2D eigenvalue weighted by molar-refractivity contribution is -0.126. The number of aryl methyl sites for hydroxylation is 1. The fourth-order valence-electron chi connectivity index (χ4n) is 5.11. The Morgan fingerprint density at radius 3 is 2.74 bits per heavy atom. The molecule has 39 heavy (non-hydrogen) atoms. The number of halogens is 3. The molecule has 0 radical (unpaired) electrons. The molecule has 204 valence electrons. The smallest absolute Gasteiger partial charge is 0.350 e. The first-order valence-corrected chi connectivity index (χ1v) is 14.3. The molecule has 2 unspecified atom stereocenters. The first-order valence-electron chi connectivity index (χ1n) is 11.9. The second kappa shape index (κ2) is 10.5. The Labute approximate surface area is 234 Å². The first kappa shape index (κ1) is 27.5.